The summed E-state index contributed by atoms with van der Waals surface area (Å²) >= 11 is 0. The molecule has 0 aliphatic rings. The van der Waals surface area contributed by atoms with Crippen molar-refractivity contribution < 1.29 is 4.79 Å². The van der Waals surface area contributed by atoms with Crippen LogP contribution < -0.4 is 5.32 Å². The second-order valence-electron chi connectivity index (χ2n) is 4.24. The number of rotatable bonds is 3. The second-order valence-corrected chi connectivity index (χ2v) is 4.24. The molecule has 0 aliphatic carbocycles. The Balaban J connectivity index is 3.99. The third-order valence-electron chi connectivity index (χ3n) is 2.00. The summed E-state index contributed by atoms with van der Waals surface area (Å²) in [6, 6.07) is 0.344. The molecule has 0 saturated heterocycles. The first-order chi connectivity index (χ1) is 5.41. The minimum absolute atomic E-state index is 0.149. The maximum Gasteiger partial charge on any atom is 0.225 e. The Bertz CT molecular complexity index is 142. The van der Waals surface area contributed by atoms with Crippen LogP contribution in [-0.2, 0) is 4.79 Å². The third-order valence-corrected chi connectivity index (χ3v) is 2.00. The Labute approximate surface area is 75.7 Å². The van der Waals surface area contributed by atoms with Gasteiger partial charge >= 0.3 is 0 Å². The summed E-state index contributed by atoms with van der Waals surface area (Å²) in [5.74, 6) is 0.149. The molecule has 0 heterocycles. The fourth-order valence-corrected chi connectivity index (χ4v) is 0.895. The highest BCUT2D eigenvalue weighted by molar-refractivity contribution is 5.81. The highest BCUT2D eigenvalue weighted by Crippen LogP contribution is 2.13. The largest absolute Gasteiger partial charge is 0.353 e. The van der Waals surface area contributed by atoms with E-state index >= 15 is 0 Å². The van der Waals surface area contributed by atoms with E-state index in [1.54, 1.807) is 0 Å². The van der Waals surface area contributed by atoms with Crippen LogP contribution in [0, 0.1) is 5.41 Å². The van der Waals surface area contributed by atoms with Gasteiger partial charge in [0.2, 0.25) is 5.91 Å². The lowest BCUT2D eigenvalue weighted by Gasteiger charge is -2.22. The highest BCUT2D eigenvalue weighted by atomic mass is 16.2. The summed E-state index contributed by atoms with van der Waals surface area (Å²) < 4.78 is 0. The number of carbonyl (C=O) groups is 1. The molecule has 0 unspecified atom stereocenters. The van der Waals surface area contributed by atoms with Crippen molar-refractivity contribution in [3.05, 3.63) is 0 Å². The molecule has 0 radical (unpaired) electrons. The minimum atomic E-state index is -0.261. The number of hydrogen-bond donors (Lipinski definition) is 1. The maximum absolute atomic E-state index is 11.5. The summed E-state index contributed by atoms with van der Waals surface area (Å²) in [7, 11) is 0. The smallest absolute Gasteiger partial charge is 0.225 e. The summed E-state index contributed by atoms with van der Waals surface area (Å²) in [6.07, 6.45) is 2.02. The van der Waals surface area contributed by atoms with Crippen LogP contribution >= 0.6 is 0 Å². The number of carbonyl (C=O) groups excluding carboxylic acids is 1. The fraction of sp³-hybridized carbons (Fsp3) is 0.900. The van der Waals surface area contributed by atoms with Crippen LogP contribution in [0.5, 0.6) is 0 Å². The second kappa shape index (κ2) is 4.48. The SMILES string of the molecule is CCC(CC)NC(=O)C(C)(C)C. The Kier molecular flexibility index (Phi) is 4.29. The van der Waals surface area contributed by atoms with E-state index in [2.05, 4.69) is 19.2 Å². The number of amides is 1. The van der Waals surface area contributed by atoms with Gasteiger partial charge in [0, 0.05) is 11.5 Å². The first-order valence-electron chi connectivity index (χ1n) is 4.72. The molecular formula is C10H21NO. The standard InChI is InChI=1S/C10H21NO/c1-6-8(7-2)11-9(12)10(3,4)5/h8H,6-7H2,1-5H3,(H,11,12). The lowest BCUT2D eigenvalue weighted by molar-refractivity contribution is -0.129. The molecule has 72 valence electrons. The number of hydrogen-bond acceptors (Lipinski definition) is 1. The van der Waals surface area contributed by atoms with Crippen LogP contribution in [0.15, 0.2) is 0 Å². The zero-order chi connectivity index (χ0) is 9.78. The van der Waals surface area contributed by atoms with Crippen molar-refractivity contribution in [3.8, 4) is 0 Å². The third kappa shape index (κ3) is 3.74. The zero-order valence-corrected chi connectivity index (χ0v) is 8.90. The summed E-state index contributed by atoms with van der Waals surface area (Å²) in [6.45, 7) is 9.99. The molecule has 2 heteroatoms. The van der Waals surface area contributed by atoms with Gasteiger partial charge in [-0.1, -0.05) is 34.6 Å². The van der Waals surface area contributed by atoms with E-state index in [0.29, 0.717) is 6.04 Å². The summed E-state index contributed by atoms with van der Waals surface area (Å²) in [5, 5.41) is 3.02. The van der Waals surface area contributed by atoms with Gasteiger partial charge in [0.1, 0.15) is 0 Å². The molecule has 0 aliphatic heterocycles. The van der Waals surface area contributed by atoms with Crippen LogP contribution in [0.4, 0.5) is 0 Å². The van der Waals surface area contributed by atoms with Crippen molar-refractivity contribution in [2.45, 2.75) is 53.5 Å². The topological polar surface area (TPSA) is 29.1 Å². The predicted octanol–water partition coefficient (Wildman–Crippen LogP) is 2.34. The Morgan fingerprint density at radius 3 is 1.92 bits per heavy atom. The Morgan fingerprint density at radius 2 is 1.67 bits per heavy atom. The van der Waals surface area contributed by atoms with Gasteiger partial charge in [0.05, 0.1) is 0 Å². The van der Waals surface area contributed by atoms with Crippen LogP contribution in [0.1, 0.15) is 47.5 Å². The van der Waals surface area contributed by atoms with Gasteiger partial charge < -0.3 is 5.32 Å². The van der Waals surface area contributed by atoms with E-state index in [-0.39, 0.29) is 11.3 Å². The van der Waals surface area contributed by atoms with Gasteiger partial charge in [0.15, 0.2) is 0 Å². The Morgan fingerprint density at radius 1 is 1.25 bits per heavy atom. The van der Waals surface area contributed by atoms with Crippen LogP contribution in [0.2, 0.25) is 0 Å². The van der Waals surface area contributed by atoms with E-state index in [9.17, 15) is 4.79 Å². The average molecular weight is 171 g/mol. The molecule has 0 fully saturated rings. The lowest BCUT2D eigenvalue weighted by atomic mass is 9.95. The monoisotopic (exact) mass is 171 g/mol. The van der Waals surface area contributed by atoms with Crippen molar-refractivity contribution in [3.63, 3.8) is 0 Å². The summed E-state index contributed by atoms with van der Waals surface area (Å²) in [4.78, 5) is 11.5. The molecule has 0 aromatic heterocycles. The summed E-state index contributed by atoms with van der Waals surface area (Å²) in [5.41, 5.74) is -0.261. The molecular weight excluding hydrogens is 150 g/mol. The molecule has 0 bridgehead atoms. The molecule has 0 saturated carbocycles. The van der Waals surface area contributed by atoms with E-state index in [1.165, 1.54) is 0 Å². The maximum atomic E-state index is 11.5. The normalized spacial score (nSPS) is 11.8. The van der Waals surface area contributed by atoms with Crippen molar-refractivity contribution in [1.29, 1.82) is 0 Å². The lowest BCUT2D eigenvalue weighted by Crippen LogP contribution is -2.41. The van der Waals surface area contributed by atoms with Crippen LogP contribution in [0.3, 0.4) is 0 Å². The Hall–Kier alpha value is -0.530. The fourth-order valence-electron chi connectivity index (χ4n) is 0.895. The quantitative estimate of drug-likeness (QED) is 0.693. The van der Waals surface area contributed by atoms with E-state index < -0.39 is 0 Å². The predicted molar refractivity (Wildman–Crippen MR) is 52.0 cm³/mol. The molecule has 0 atom stereocenters. The molecule has 12 heavy (non-hydrogen) atoms. The van der Waals surface area contributed by atoms with Crippen molar-refractivity contribution in [1.82, 2.24) is 5.32 Å². The highest BCUT2D eigenvalue weighted by Gasteiger charge is 2.22. The van der Waals surface area contributed by atoms with E-state index in [0.717, 1.165) is 12.8 Å². The minimum Gasteiger partial charge on any atom is -0.353 e. The average Bonchev–Trinajstić information content (AvgIpc) is 1.97. The molecule has 0 spiro atoms. The van der Waals surface area contributed by atoms with Gasteiger partial charge in [-0.3, -0.25) is 4.79 Å². The van der Waals surface area contributed by atoms with Crippen molar-refractivity contribution in [2.75, 3.05) is 0 Å². The molecule has 1 amide bonds. The van der Waals surface area contributed by atoms with E-state index in [1.807, 2.05) is 20.8 Å². The first-order valence-corrected chi connectivity index (χ1v) is 4.72. The zero-order valence-electron chi connectivity index (χ0n) is 8.90. The van der Waals surface area contributed by atoms with Gasteiger partial charge in [-0.2, -0.15) is 0 Å². The van der Waals surface area contributed by atoms with Gasteiger partial charge in [-0.25, -0.2) is 0 Å². The van der Waals surface area contributed by atoms with E-state index in [4.69, 9.17) is 0 Å². The molecule has 0 aromatic rings. The number of nitrogens with one attached hydrogen (secondary N) is 1. The molecule has 0 aromatic carbocycles. The van der Waals surface area contributed by atoms with Crippen LogP contribution in [-0.4, -0.2) is 11.9 Å². The van der Waals surface area contributed by atoms with Gasteiger partial charge in [-0.05, 0) is 12.8 Å². The van der Waals surface area contributed by atoms with Gasteiger partial charge in [0.25, 0.3) is 0 Å². The molecule has 0 rings (SSSR count). The van der Waals surface area contributed by atoms with Gasteiger partial charge in [-0.15, -0.1) is 0 Å². The van der Waals surface area contributed by atoms with Crippen molar-refractivity contribution >= 4 is 5.91 Å². The molecule has 1 N–H and O–H groups in total. The van der Waals surface area contributed by atoms with Crippen LogP contribution in [0.25, 0.3) is 0 Å². The molecule has 2 nitrogen and oxygen atoms in total. The first kappa shape index (κ1) is 11.5. The van der Waals surface area contributed by atoms with Crippen molar-refractivity contribution in [2.24, 2.45) is 5.41 Å².